The summed E-state index contributed by atoms with van der Waals surface area (Å²) in [6.07, 6.45) is 3.09. The average molecular weight is 512 g/mol. The van der Waals surface area contributed by atoms with Gasteiger partial charge >= 0.3 is 6.09 Å². The number of hydrogen-bond donors (Lipinski definition) is 2. The number of nitrogens with two attached hydrogens (primary N) is 1. The van der Waals surface area contributed by atoms with Crippen LogP contribution in [0.15, 0.2) is 30.6 Å². The lowest BCUT2D eigenvalue weighted by Gasteiger charge is -2.31. The molecule has 0 saturated heterocycles. The van der Waals surface area contributed by atoms with Gasteiger partial charge in [0.1, 0.15) is 29.6 Å². The van der Waals surface area contributed by atoms with E-state index in [2.05, 4.69) is 29.6 Å². The van der Waals surface area contributed by atoms with Gasteiger partial charge in [-0.25, -0.2) is 9.78 Å². The highest BCUT2D eigenvalue weighted by Crippen LogP contribution is 2.35. The fourth-order valence-corrected chi connectivity index (χ4v) is 5.11. The summed E-state index contributed by atoms with van der Waals surface area (Å²) in [6, 6.07) is 6.20. The van der Waals surface area contributed by atoms with Gasteiger partial charge in [-0.3, -0.25) is 14.3 Å². The van der Waals surface area contributed by atoms with E-state index in [4.69, 9.17) is 15.2 Å². The zero-order valence-electron chi connectivity index (χ0n) is 21.2. The van der Waals surface area contributed by atoms with Crippen LogP contribution in [0.25, 0.3) is 11.0 Å². The minimum Gasteiger partial charge on any atom is -0.465 e. The lowest BCUT2D eigenvalue weighted by molar-refractivity contribution is 0.0828. The summed E-state index contributed by atoms with van der Waals surface area (Å²) in [7, 11) is -1.25. The molecule has 1 aliphatic heterocycles. The molecule has 4 rings (SSSR count). The van der Waals surface area contributed by atoms with E-state index < -0.39 is 20.1 Å². The minimum absolute atomic E-state index is 0.0413. The van der Waals surface area contributed by atoms with Gasteiger partial charge < -0.3 is 25.2 Å². The molecule has 3 aromatic rings. The fourth-order valence-electron chi connectivity index (χ4n) is 4.35. The Labute approximate surface area is 211 Å². The minimum atomic E-state index is -1.25. The third kappa shape index (κ3) is 5.52. The average Bonchev–Trinajstić information content (AvgIpc) is 3.20. The molecule has 2 amide bonds. The molecular formula is C25H33N5O5Si. The smallest absolute Gasteiger partial charge is 0.407 e. The summed E-state index contributed by atoms with van der Waals surface area (Å²) in [5.41, 5.74) is 8.20. The van der Waals surface area contributed by atoms with Crippen LogP contribution in [0, 0.1) is 0 Å². The van der Waals surface area contributed by atoms with Gasteiger partial charge in [0.05, 0.1) is 23.8 Å². The highest BCUT2D eigenvalue weighted by molar-refractivity contribution is 6.76. The highest BCUT2D eigenvalue weighted by atomic mass is 28.3. The number of fused-ring (bicyclic) bond motifs is 2. The molecule has 3 N–H and O–H groups in total. The summed E-state index contributed by atoms with van der Waals surface area (Å²) >= 11 is 0. The molecule has 36 heavy (non-hydrogen) atoms. The quantitative estimate of drug-likeness (QED) is 0.316. The Morgan fingerprint density at radius 2 is 2.03 bits per heavy atom. The van der Waals surface area contributed by atoms with Gasteiger partial charge in [-0.05, 0) is 36.2 Å². The van der Waals surface area contributed by atoms with Gasteiger partial charge in [-0.1, -0.05) is 26.6 Å². The maximum absolute atomic E-state index is 12.2. The van der Waals surface area contributed by atoms with E-state index in [0.29, 0.717) is 35.7 Å². The largest absolute Gasteiger partial charge is 0.465 e. The molecule has 10 nitrogen and oxygen atoms in total. The first kappa shape index (κ1) is 25.6. The van der Waals surface area contributed by atoms with Crippen molar-refractivity contribution in [3.8, 4) is 11.5 Å². The number of pyridine rings is 2. The molecule has 0 radical (unpaired) electrons. The molecule has 192 valence electrons. The van der Waals surface area contributed by atoms with E-state index in [1.165, 1.54) is 4.90 Å². The first-order valence-electron chi connectivity index (χ1n) is 12.1. The van der Waals surface area contributed by atoms with Crippen LogP contribution in [0.1, 0.15) is 41.0 Å². The molecule has 0 spiro atoms. The van der Waals surface area contributed by atoms with Gasteiger partial charge in [0.2, 0.25) is 0 Å². The molecule has 1 atom stereocenters. The molecule has 3 aromatic heterocycles. The number of nitrogens with zero attached hydrogens (tertiary/aromatic N) is 4. The number of carbonyl (C=O) groups is 2. The van der Waals surface area contributed by atoms with Crippen molar-refractivity contribution >= 4 is 31.1 Å². The number of carboxylic acid groups (broad SMARTS) is 1. The van der Waals surface area contributed by atoms with Gasteiger partial charge in [0.25, 0.3) is 5.91 Å². The molecule has 0 unspecified atom stereocenters. The van der Waals surface area contributed by atoms with Crippen molar-refractivity contribution in [1.29, 1.82) is 0 Å². The van der Waals surface area contributed by atoms with E-state index in [-0.39, 0.29) is 24.9 Å². The van der Waals surface area contributed by atoms with Crippen LogP contribution in [0.5, 0.6) is 11.5 Å². The van der Waals surface area contributed by atoms with Crippen LogP contribution in [-0.2, 0) is 18.0 Å². The first-order valence-corrected chi connectivity index (χ1v) is 15.8. The molecule has 1 aliphatic rings. The van der Waals surface area contributed by atoms with Crippen LogP contribution in [0.4, 0.5) is 4.79 Å². The van der Waals surface area contributed by atoms with Crippen molar-refractivity contribution in [2.45, 2.75) is 58.2 Å². The number of ether oxygens (including phenoxy) is 2. The topological polar surface area (TPSA) is 133 Å². The van der Waals surface area contributed by atoms with E-state index >= 15 is 0 Å². The Hall–Kier alpha value is -3.44. The fraction of sp³-hybridized carbons (Fsp3) is 0.440. The van der Waals surface area contributed by atoms with E-state index in [9.17, 15) is 14.7 Å². The number of aromatic nitrogens is 3. The summed E-state index contributed by atoms with van der Waals surface area (Å²) < 4.78 is 13.7. The summed E-state index contributed by atoms with van der Waals surface area (Å²) in [6.45, 7) is 10.3. The third-order valence-electron chi connectivity index (χ3n) is 6.38. The van der Waals surface area contributed by atoms with Gasteiger partial charge in [0.15, 0.2) is 0 Å². The van der Waals surface area contributed by atoms with Gasteiger partial charge in [0, 0.05) is 33.3 Å². The lowest BCUT2D eigenvalue weighted by atomic mass is 9.93. The Morgan fingerprint density at radius 3 is 2.69 bits per heavy atom. The molecule has 0 aliphatic carbocycles. The van der Waals surface area contributed by atoms with Gasteiger partial charge in [-0.15, -0.1) is 0 Å². The molecule has 0 saturated carbocycles. The summed E-state index contributed by atoms with van der Waals surface area (Å²) in [4.78, 5) is 34.2. The Bertz CT molecular complexity index is 1290. The normalized spacial score (nSPS) is 15.7. The van der Waals surface area contributed by atoms with E-state index in [1.807, 2.05) is 13.0 Å². The third-order valence-corrected chi connectivity index (χ3v) is 8.09. The van der Waals surface area contributed by atoms with Crippen molar-refractivity contribution in [3.63, 3.8) is 0 Å². The van der Waals surface area contributed by atoms with Crippen LogP contribution in [0.3, 0.4) is 0 Å². The van der Waals surface area contributed by atoms with Crippen LogP contribution < -0.4 is 10.5 Å². The number of primary amides is 1. The Morgan fingerprint density at radius 1 is 1.25 bits per heavy atom. The highest BCUT2D eigenvalue weighted by Gasteiger charge is 2.29. The summed E-state index contributed by atoms with van der Waals surface area (Å²) in [5.74, 6) is 0.424. The van der Waals surface area contributed by atoms with Crippen LogP contribution in [0.2, 0.25) is 25.7 Å². The van der Waals surface area contributed by atoms with Crippen molar-refractivity contribution < 1.29 is 24.2 Å². The predicted molar refractivity (Wildman–Crippen MR) is 138 cm³/mol. The molecule has 0 fully saturated rings. The Kier molecular flexibility index (Phi) is 7.32. The maximum Gasteiger partial charge on any atom is 0.407 e. The van der Waals surface area contributed by atoms with Crippen LogP contribution in [-0.4, -0.2) is 57.8 Å². The van der Waals surface area contributed by atoms with Crippen molar-refractivity contribution in [1.82, 2.24) is 19.4 Å². The number of hydrogen-bond acceptors (Lipinski definition) is 6. The number of rotatable bonds is 9. The second kappa shape index (κ2) is 10.3. The SMILES string of the molecule is CC[C@H]1CN(C(=O)O)Cc2cc(Oc3ccnc4c3cc(C(N)=O)n4COCC[Si](C)(C)C)cnc21. The molecule has 4 heterocycles. The first-order chi connectivity index (χ1) is 17.1. The standard InChI is InChI=1S/C25H33N5O5Si/c1-5-16-13-29(25(32)33)14-17-10-18(12-28-22(16)17)35-21-6-7-27-24-19(21)11-20(23(26)31)30(24)15-34-8-9-36(2,3)4/h6-7,10-12,16H,5,8-9,13-15H2,1-4H3,(H2,26,31)(H,32,33)/t16-/m0/s1. The molecule has 0 bridgehead atoms. The number of amides is 2. The number of carbonyl (C=O) groups excluding carboxylic acids is 1. The van der Waals surface area contributed by atoms with Crippen molar-refractivity contribution in [2.75, 3.05) is 13.2 Å². The zero-order valence-corrected chi connectivity index (χ0v) is 22.2. The lowest BCUT2D eigenvalue weighted by Crippen LogP contribution is -2.37. The second-order valence-electron chi connectivity index (χ2n) is 10.3. The predicted octanol–water partition coefficient (Wildman–Crippen LogP) is 4.62. The zero-order chi connectivity index (χ0) is 26.0. The van der Waals surface area contributed by atoms with E-state index in [1.54, 1.807) is 29.1 Å². The molecule has 0 aromatic carbocycles. The van der Waals surface area contributed by atoms with E-state index in [0.717, 1.165) is 23.7 Å². The Balaban J connectivity index is 1.62. The monoisotopic (exact) mass is 511 g/mol. The second-order valence-corrected chi connectivity index (χ2v) is 15.9. The molecule has 11 heteroatoms. The maximum atomic E-state index is 12.2. The van der Waals surface area contributed by atoms with Crippen molar-refractivity contribution in [2.24, 2.45) is 5.73 Å². The summed E-state index contributed by atoms with van der Waals surface area (Å²) in [5, 5.41) is 10.1. The molecular weight excluding hydrogens is 478 g/mol. The van der Waals surface area contributed by atoms with Gasteiger partial charge in [-0.2, -0.15) is 0 Å². The van der Waals surface area contributed by atoms with Crippen LogP contribution >= 0.6 is 0 Å². The van der Waals surface area contributed by atoms with Crippen molar-refractivity contribution in [3.05, 3.63) is 47.5 Å².